The first-order chi connectivity index (χ1) is 8.15. The van der Waals surface area contributed by atoms with Crippen molar-refractivity contribution in [1.29, 1.82) is 0 Å². The van der Waals surface area contributed by atoms with Crippen LogP contribution in [0.2, 0.25) is 0 Å². The Labute approximate surface area is 112 Å². The molecule has 0 radical (unpaired) electrons. The van der Waals surface area contributed by atoms with E-state index in [-0.39, 0.29) is 11.6 Å². The van der Waals surface area contributed by atoms with Crippen LogP contribution >= 0.6 is 15.9 Å². The van der Waals surface area contributed by atoms with E-state index >= 15 is 0 Å². The van der Waals surface area contributed by atoms with E-state index in [1.165, 1.54) is 5.56 Å². The first-order valence-corrected chi connectivity index (χ1v) is 7.08. The molecule has 0 spiro atoms. The highest BCUT2D eigenvalue weighted by atomic mass is 79.9. The normalized spacial score (nSPS) is 26.1. The van der Waals surface area contributed by atoms with Crippen molar-refractivity contribution in [3.8, 4) is 0 Å². The molecule has 1 heterocycles. The fourth-order valence-electron chi connectivity index (χ4n) is 2.57. The zero-order valence-corrected chi connectivity index (χ0v) is 12.1. The average Bonchev–Trinajstić information content (AvgIpc) is 2.75. The highest BCUT2D eigenvalue weighted by Crippen LogP contribution is 2.37. The zero-order chi connectivity index (χ0) is 12.3. The Hall–Kier alpha value is -0.380. The number of hydrogen-bond acceptors (Lipinski definition) is 2. The molecule has 0 aromatic heterocycles. The molecule has 2 atom stereocenters. The lowest BCUT2D eigenvalue weighted by Gasteiger charge is -2.34. The summed E-state index contributed by atoms with van der Waals surface area (Å²) in [5.41, 5.74) is 1.24. The van der Waals surface area contributed by atoms with Crippen LogP contribution in [0.5, 0.6) is 0 Å². The van der Waals surface area contributed by atoms with Gasteiger partial charge in [-0.3, -0.25) is 0 Å². The van der Waals surface area contributed by atoms with Crippen molar-refractivity contribution in [1.82, 2.24) is 5.32 Å². The van der Waals surface area contributed by atoms with Crippen LogP contribution in [0.15, 0.2) is 28.7 Å². The van der Waals surface area contributed by atoms with Crippen molar-refractivity contribution < 1.29 is 4.74 Å². The van der Waals surface area contributed by atoms with Crippen molar-refractivity contribution in [3.05, 3.63) is 34.3 Å². The second kappa shape index (κ2) is 5.51. The maximum atomic E-state index is 5.97. The summed E-state index contributed by atoms with van der Waals surface area (Å²) in [5, 5.41) is 3.56. The Balaban J connectivity index is 2.24. The van der Waals surface area contributed by atoms with Crippen LogP contribution in [0.3, 0.4) is 0 Å². The molecule has 1 aliphatic rings. The summed E-state index contributed by atoms with van der Waals surface area (Å²) >= 11 is 3.48. The van der Waals surface area contributed by atoms with Crippen molar-refractivity contribution in [2.45, 2.75) is 38.3 Å². The summed E-state index contributed by atoms with van der Waals surface area (Å²) in [4.78, 5) is 0. The van der Waals surface area contributed by atoms with Gasteiger partial charge in [0.05, 0.1) is 11.6 Å². The molecule has 0 amide bonds. The Kier molecular flexibility index (Phi) is 4.23. The smallest absolute Gasteiger partial charge is 0.0849 e. The Morgan fingerprint density at radius 2 is 2.12 bits per heavy atom. The molecule has 0 bridgehead atoms. The summed E-state index contributed by atoms with van der Waals surface area (Å²) < 4.78 is 7.09. The van der Waals surface area contributed by atoms with E-state index in [1.807, 2.05) is 0 Å². The molecule has 1 aromatic rings. The van der Waals surface area contributed by atoms with E-state index in [0.717, 1.165) is 30.5 Å². The van der Waals surface area contributed by atoms with Gasteiger partial charge in [0.15, 0.2) is 0 Å². The van der Waals surface area contributed by atoms with Gasteiger partial charge in [0.1, 0.15) is 0 Å². The quantitative estimate of drug-likeness (QED) is 0.916. The molecule has 1 aromatic carbocycles. The summed E-state index contributed by atoms with van der Waals surface area (Å²) in [6, 6.07) is 8.81. The van der Waals surface area contributed by atoms with Crippen LogP contribution < -0.4 is 5.32 Å². The van der Waals surface area contributed by atoms with E-state index in [1.54, 1.807) is 0 Å². The topological polar surface area (TPSA) is 21.3 Å². The molecule has 1 fully saturated rings. The minimum atomic E-state index is -0.0656. The molecule has 1 saturated heterocycles. The molecule has 3 heteroatoms. The standard InChI is InChI=1S/C14H20BrNO/c1-3-16-13(14(2)9-4-10-17-14)11-5-7-12(15)8-6-11/h5-8,13,16H,3-4,9-10H2,1-2H3. The van der Waals surface area contributed by atoms with Gasteiger partial charge in [0.2, 0.25) is 0 Å². The first-order valence-electron chi connectivity index (χ1n) is 6.28. The fourth-order valence-corrected chi connectivity index (χ4v) is 2.84. The maximum Gasteiger partial charge on any atom is 0.0849 e. The van der Waals surface area contributed by atoms with Crippen LogP contribution in [0, 0.1) is 0 Å². The molecule has 1 aliphatic heterocycles. The summed E-state index contributed by atoms with van der Waals surface area (Å²) in [7, 11) is 0. The van der Waals surface area contributed by atoms with Crippen LogP contribution in [-0.4, -0.2) is 18.8 Å². The molecule has 2 rings (SSSR count). The maximum absolute atomic E-state index is 5.97. The Morgan fingerprint density at radius 1 is 1.41 bits per heavy atom. The third kappa shape index (κ3) is 2.90. The third-order valence-electron chi connectivity index (χ3n) is 3.47. The van der Waals surface area contributed by atoms with Crippen LogP contribution in [0.25, 0.3) is 0 Å². The SMILES string of the molecule is CCNC(c1ccc(Br)cc1)C1(C)CCCO1. The zero-order valence-electron chi connectivity index (χ0n) is 10.5. The van der Waals surface area contributed by atoms with Gasteiger partial charge in [-0.15, -0.1) is 0 Å². The summed E-state index contributed by atoms with van der Waals surface area (Å²) in [6.07, 6.45) is 2.29. The van der Waals surface area contributed by atoms with Gasteiger partial charge in [0.25, 0.3) is 0 Å². The summed E-state index contributed by atoms with van der Waals surface area (Å²) in [5.74, 6) is 0. The minimum absolute atomic E-state index is 0.0656. The monoisotopic (exact) mass is 297 g/mol. The van der Waals surface area contributed by atoms with E-state index in [4.69, 9.17) is 4.74 Å². The lowest BCUT2D eigenvalue weighted by molar-refractivity contribution is -0.0121. The number of halogens is 1. The highest BCUT2D eigenvalue weighted by Gasteiger charge is 2.38. The van der Waals surface area contributed by atoms with E-state index in [0.29, 0.717) is 0 Å². The van der Waals surface area contributed by atoms with Crippen molar-refractivity contribution in [2.75, 3.05) is 13.2 Å². The van der Waals surface area contributed by atoms with Crippen LogP contribution in [0.4, 0.5) is 0 Å². The van der Waals surface area contributed by atoms with Crippen LogP contribution in [-0.2, 0) is 4.74 Å². The largest absolute Gasteiger partial charge is 0.373 e. The predicted molar refractivity (Wildman–Crippen MR) is 74.2 cm³/mol. The van der Waals surface area contributed by atoms with Gasteiger partial charge in [-0.05, 0) is 44.0 Å². The van der Waals surface area contributed by atoms with Gasteiger partial charge >= 0.3 is 0 Å². The second-order valence-corrected chi connectivity index (χ2v) is 5.72. The molecule has 2 nitrogen and oxygen atoms in total. The Bertz CT molecular complexity index is 357. The summed E-state index contributed by atoms with van der Waals surface area (Å²) in [6.45, 7) is 6.20. The number of benzene rings is 1. The van der Waals surface area contributed by atoms with Crippen LogP contribution in [0.1, 0.15) is 38.3 Å². The Morgan fingerprint density at radius 3 is 2.65 bits per heavy atom. The molecule has 0 aliphatic carbocycles. The lowest BCUT2D eigenvalue weighted by Crippen LogP contribution is -2.41. The number of nitrogens with one attached hydrogen (secondary N) is 1. The second-order valence-electron chi connectivity index (χ2n) is 4.81. The van der Waals surface area contributed by atoms with Gasteiger partial charge in [-0.1, -0.05) is 35.0 Å². The molecular formula is C14H20BrNO. The lowest BCUT2D eigenvalue weighted by atomic mass is 9.87. The molecule has 94 valence electrons. The molecular weight excluding hydrogens is 278 g/mol. The van der Waals surface area contributed by atoms with Gasteiger partial charge < -0.3 is 10.1 Å². The number of hydrogen-bond donors (Lipinski definition) is 1. The third-order valence-corrected chi connectivity index (χ3v) is 4.00. The van der Waals surface area contributed by atoms with Gasteiger partial charge in [0, 0.05) is 11.1 Å². The van der Waals surface area contributed by atoms with Crippen molar-refractivity contribution in [2.24, 2.45) is 0 Å². The van der Waals surface area contributed by atoms with Gasteiger partial charge in [-0.25, -0.2) is 0 Å². The molecule has 0 saturated carbocycles. The van der Waals surface area contributed by atoms with E-state index < -0.39 is 0 Å². The highest BCUT2D eigenvalue weighted by molar-refractivity contribution is 9.10. The number of likely N-dealkylation sites (N-methyl/N-ethyl adjacent to an activating group) is 1. The van der Waals surface area contributed by atoms with Crippen molar-refractivity contribution >= 4 is 15.9 Å². The van der Waals surface area contributed by atoms with E-state index in [2.05, 4.69) is 59.4 Å². The number of ether oxygens (including phenoxy) is 1. The fraction of sp³-hybridized carbons (Fsp3) is 0.571. The van der Waals surface area contributed by atoms with E-state index in [9.17, 15) is 0 Å². The minimum Gasteiger partial charge on any atom is -0.373 e. The average molecular weight is 298 g/mol. The molecule has 1 N–H and O–H groups in total. The van der Waals surface area contributed by atoms with Gasteiger partial charge in [-0.2, -0.15) is 0 Å². The number of rotatable bonds is 4. The molecule has 17 heavy (non-hydrogen) atoms. The predicted octanol–water partition coefficient (Wildman–Crippen LogP) is 3.67. The first kappa shape index (κ1) is 13.1. The van der Waals surface area contributed by atoms with Crippen molar-refractivity contribution in [3.63, 3.8) is 0 Å². The molecule has 2 unspecified atom stereocenters.